The molecule has 0 saturated heterocycles. The Morgan fingerprint density at radius 1 is 0.966 bits per heavy atom. The zero-order valence-electron chi connectivity index (χ0n) is 17.5. The van der Waals surface area contributed by atoms with Gasteiger partial charge in [0.2, 0.25) is 5.91 Å². The summed E-state index contributed by atoms with van der Waals surface area (Å²) >= 11 is 0. The van der Waals surface area contributed by atoms with Crippen LogP contribution in [0.25, 0.3) is 0 Å². The second kappa shape index (κ2) is 9.65. The lowest BCUT2D eigenvalue weighted by Gasteiger charge is -2.28. The topological polar surface area (TPSA) is 76.2 Å². The Bertz CT molecular complexity index is 938. The number of amides is 1. The van der Waals surface area contributed by atoms with Gasteiger partial charge in [-0.2, -0.15) is 0 Å². The molecular weight excluding hydrogens is 392 g/mol. The lowest BCUT2D eigenvalue weighted by Crippen LogP contribution is -2.43. The predicted octanol–water partition coefficient (Wildman–Crippen LogP) is 3.08. The molecule has 0 spiro atoms. The molecule has 158 valence electrons. The van der Waals surface area contributed by atoms with E-state index in [2.05, 4.69) is 0 Å². The van der Waals surface area contributed by atoms with Crippen molar-refractivity contribution in [2.24, 2.45) is 0 Å². The van der Waals surface area contributed by atoms with E-state index < -0.39 is 10.0 Å². The predicted molar refractivity (Wildman–Crippen MR) is 113 cm³/mol. The van der Waals surface area contributed by atoms with Crippen LogP contribution in [0.2, 0.25) is 0 Å². The fourth-order valence-electron chi connectivity index (χ4n) is 2.97. The number of carbonyl (C=O) groups excluding carboxylic acids is 1. The Kier molecular flexibility index (Phi) is 7.50. The van der Waals surface area contributed by atoms with Crippen LogP contribution in [0.15, 0.2) is 47.4 Å². The average Bonchev–Trinajstić information content (AvgIpc) is 2.72. The van der Waals surface area contributed by atoms with Crippen molar-refractivity contribution in [3.8, 4) is 11.5 Å². The lowest BCUT2D eigenvalue weighted by atomic mass is 10.2. The minimum atomic E-state index is -4.06. The van der Waals surface area contributed by atoms with Crippen LogP contribution in [-0.2, 0) is 14.8 Å². The number of aryl methyl sites for hydroxylation is 1. The van der Waals surface area contributed by atoms with Crippen molar-refractivity contribution in [2.75, 3.05) is 38.2 Å². The van der Waals surface area contributed by atoms with Gasteiger partial charge in [0.25, 0.3) is 10.0 Å². The first-order chi connectivity index (χ1) is 13.8. The molecule has 0 heterocycles. The van der Waals surface area contributed by atoms with Gasteiger partial charge >= 0.3 is 0 Å². The van der Waals surface area contributed by atoms with Gasteiger partial charge in [-0.25, -0.2) is 8.42 Å². The standard InChI is InChI=1S/C21H28N2O5S/c1-6-22(7-2)21(24)15-23(17-9-11-18(27-4)12-10-17)29(25,26)20-14-16(3)8-13-19(20)28-5/h8-14H,6-7,15H2,1-5H3. The van der Waals surface area contributed by atoms with Crippen molar-refractivity contribution in [2.45, 2.75) is 25.7 Å². The van der Waals surface area contributed by atoms with Crippen LogP contribution in [-0.4, -0.2) is 53.1 Å². The number of hydrogen-bond acceptors (Lipinski definition) is 5. The highest BCUT2D eigenvalue weighted by Gasteiger charge is 2.31. The third-order valence-electron chi connectivity index (χ3n) is 4.64. The molecule has 29 heavy (non-hydrogen) atoms. The summed E-state index contributed by atoms with van der Waals surface area (Å²) in [5, 5.41) is 0. The van der Waals surface area contributed by atoms with Gasteiger partial charge in [-0.15, -0.1) is 0 Å². The van der Waals surface area contributed by atoms with Gasteiger partial charge in [0.15, 0.2) is 0 Å². The third-order valence-corrected chi connectivity index (χ3v) is 6.44. The molecule has 0 radical (unpaired) electrons. The molecule has 0 unspecified atom stereocenters. The minimum Gasteiger partial charge on any atom is -0.497 e. The summed E-state index contributed by atoms with van der Waals surface area (Å²) < 4.78 is 38.8. The molecule has 8 heteroatoms. The summed E-state index contributed by atoms with van der Waals surface area (Å²) in [6.45, 7) is 6.21. The van der Waals surface area contributed by atoms with Crippen LogP contribution in [0.5, 0.6) is 11.5 Å². The van der Waals surface area contributed by atoms with E-state index in [1.54, 1.807) is 54.3 Å². The van der Waals surface area contributed by atoms with Crippen LogP contribution < -0.4 is 13.8 Å². The number of ether oxygens (including phenoxy) is 2. The molecule has 2 rings (SSSR count). The summed E-state index contributed by atoms with van der Waals surface area (Å²) in [4.78, 5) is 14.4. The first-order valence-corrected chi connectivity index (χ1v) is 10.8. The number of nitrogens with zero attached hydrogens (tertiary/aromatic N) is 2. The second-order valence-electron chi connectivity index (χ2n) is 6.43. The van der Waals surface area contributed by atoms with Crippen molar-refractivity contribution in [3.05, 3.63) is 48.0 Å². The van der Waals surface area contributed by atoms with Gasteiger partial charge in [-0.05, 0) is 62.7 Å². The number of anilines is 1. The quantitative estimate of drug-likeness (QED) is 0.623. The Hall–Kier alpha value is -2.74. The van der Waals surface area contributed by atoms with Crippen LogP contribution >= 0.6 is 0 Å². The first kappa shape index (κ1) is 22.5. The number of carbonyl (C=O) groups is 1. The molecule has 0 atom stereocenters. The highest BCUT2D eigenvalue weighted by Crippen LogP contribution is 2.31. The van der Waals surface area contributed by atoms with Crippen molar-refractivity contribution in [1.82, 2.24) is 4.90 Å². The van der Waals surface area contributed by atoms with Crippen molar-refractivity contribution in [3.63, 3.8) is 0 Å². The van der Waals surface area contributed by atoms with Gasteiger partial charge in [-0.1, -0.05) is 6.07 Å². The number of likely N-dealkylation sites (N-methyl/N-ethyl adjacent to an activating group) is 1. The van der Waals surface area contributed by atoms with E-state index in [0.717, 1.165) is 9.87 Å². The highest BCUT2D eigenvalue weighted by atomic mass is 32.2. The molecule has 7 nitrogen and oxygen atoms in total. The molecule has 2 aromatic rings. The van der Waals surface area contributed by atoms with Crippen molar-refractivity contribution in [1.29, 1.82) is 0 Å². The maximum Gasteiger partial charge on any atom is 0.268 e. The van der Waals surface area contributed by atoms with E-state index >= 15 is 0 Å². The smallest absolute Gasteiger partial charge is 0.268 e. The lowest BCUT2D eigenvalue weighted by molar-refractivity contribution is -0.129. The molecule has 0 saturated carbocycles. The maximum atomic E-state index is 13.6. The normalized spacial score (nSPS) is 11.1. The second-order valence-corrected chi connectivity index (χ2v) is 8.26. The molecule has 2 aromatic carbocycles. The van der Waals surface area contributed by atoms with E-state index in [-0.39, 0.29) is 23.1 Å². The van der Waals surface area contributed by atoms with E-state index in [0.29, 0.717) is 24.5 Å². The van der Waals surface area contributed by atoms with Crippen LogP contribution in [0.1, 0.15) is 19.4 Å². The first-order valence-electron chi connectivity index (χ1n) is 9.37. The Morgan fingerprint density at radius 2 is 1.59 bits per heavy atom. The summed E-state index contributed by atoms with van der Waals surface area (Å²) in [7, 11) is -1.11. The number of benzene rings is 2. The van der Waals surface area contributed by atoms with E-state index in [9.17, 15) is 13.2 Å². The number of rotatable bonds is 9. The molecule has 0 aliphatic rings. The van der Waals surface area contributed by atoms with Crippen LogP contribution in [0, 0.1) is 6.92 Å². The molecule has 0 aromatic heterocycles. The molecule has 0 fully saturated rings. The molecule has 0 aliphatic carbocycles. The van der Waals surface area contributed by atoms with Crippen molar-refractivity contribution >= 4 is 21.6 Å². The van der Waals surface area contributed by atoms with Gasteiger partial charge in [0, 0.05) is 13.1 Å². The highest BCUT2D eigenvalue weighted by molar-refractivity contribution is 7.93. The number of sulfonamides is 1. The molecule has 0 bridgehead atoms. The van der Waals surface area contributed by atoms with Crippen LogP contribution in [0.4, 0.5) is 5.69 Å². The Balaban J connectivity index is 2.59. The summed E-state index contributed by atoms with van der Waals surface area (Å²) in [5.74, 6) is 0.541. The zero-order valence-corrected chi connectivity index (χ0v) is 18.3. The zero-order chi connectivity index (χ0) is 21.6. The van der Waals surface area contributed by atoms with E-state index in [1.807, 2.05) is 13.8 Å². The molecule has 0 aliphatic heterocycles. The minimum absolute atomic E-state index is 0.0168. The molecular formula is C21H28N2O5S. The van der Waals surface area contributed by atoms with Gasteiger partial charge < -0.3 is 14.4 Å². The van der Waals surface area contributed by atoms with Gasteiger partial charge in [0.1, 0.15) is 22.9 Å². The van der Waals surface area contributed by atoms with E-state index in [1.165, 1.54) is 14.2 Å². The summed E-state index contributed by atoms with van der Waals surface area (Å²) in [6, 6.07) is 11.5. The van der Waals surface area contributed by atoms with Crippen LogP contribution in [0.3, 0.4) is 0 Å². The van der Waals surface area contributed by atoms with Gasteiger partial charge in [-0.3, -0.25) is 9.10 Å². The fourth-order valence-corrected chi connectivity index (χ4v) is 4.62. The molecule has 1 amide bonds. The Morgan fingerprint density at radius 3 is 2.10 bits per heavy atom. The monoisotopic (exact) mass is 420 g/mol. The molecule has 0 N–H and O–H groups in total. The SMILES string of the molecule is CCN(CC)C(=O)CN(c1ccc(OC)cc1)S(=O)(=O)c1cc(C)ccc1OC. The average molecular weight is 421 g/mol. The largest absolute Gasteiger partial charge is 0.497 e. The van der Waals surface area contributed by atoms with E-state index in [4.69, 9.17) is 9.47 Å². The fraction of sp³-hybridized carbons (Fsp3) is 0.381. The van der Waals surface area contributed by atoms with Gasteiger partial charge in [0.05, 0.1) is 19.9 Å². The number of hydrogen-bond donors (Lipinski definition) is 0. The summed E-state index contributed by atoms with van der Waals surface area (Å²) in [6.07, 6.45) is 0. The number of methoxy groups -OCH3 is 2. The summed E-state index contributed by atoms with van der Waals surface area (Å²) in [5.41, 5.74) is 1.14. The Labute approximate surface area is 172 Å². The van der Waals surface area contributed by atoms with Crippen molar-refractivity contribution < 1.29 is 22.7 Å². The third kappa shape index (κ3) is 5.00. The maximum absolute atomic E-state index is 13.6.